The number of nitrogens with zero attached hydrogens (tertiary/aromatic N) is 1. The third-order valence-electron chi connectivity index (χ3n) is 6.26. The molecule has 42 heavy (non-hydrogen) atoms. The van der Waals surface area contributed by atoms with E-state index in [-0.39, 0.29) is 46.6 Å². The Morgan fingerprint density at radius 3 is 2.45 bits per heavy atom. The molecule has 1 atom stereocenters. The number of thiocarbonyl (C=S) groups is 1. The molecule has 0 fully saturated rings. The lowest BCUT2D eigenvalue weighted by molar-refractivity contribution is -0.119. The van der Waals surface area contributed by atoms with Gasteiger partial charge in [0.25, 0.3) is 5.91 Å². The Morgan fingerprint density at radius 1 is 1.02 bits per heavy atom. The summed E-state index contributed by atoms with van der Waals surface area (Å²) in [5.74, 6) is -1.58. The van der Waals surface area contributed by atoms with E-state index >= 15 is 4.39 Å². The van der Waals surface area contributed by atoms with Crippen LogP contribution in [0.25, 0.3) is 10.9 Å². The summed E-state index contributed by atoms with van der Waals surface area (Å²) in [6.45, 7) is 1.62. The summed E-state index contributed by atoms with van der Waals surface area (Å²) >= 11 is 5.16. The van der Waals surface area contributed by atoms with Crippen LogP contribution < -0.4 is 25.4 Å². The highest BCUT2D eigenvalue weighted by Crippen LogP contribution is 2.34. The van der Waals surface area contributed by atoms with Crippen molar-refractivity contribution in [2.45, 2.75) is 25.8 Å². The Bertz CT molecular complexity index is 1610. The molecule has 0 spiro atoms. The molecule has 4 rings (SSSR count). The largest absolute Gasteiger partial charge is 0.496 e. The summed E-state index contributed by atoms with van der Waals surface area (Å²) in [7, 11) is 1.43. The van der Waals surface area contributed by atoms with Crippen LogP contribution in [-0.4, -0.2) is 46.8 Å². The van der Waals surface area contributed by atoms with Crippen LogP contribution >= 0.6 is 12.2 Å². The molecule has 0 bridgehead atoms. The zero-order valence-electron chi connectivity index (χ0n) is 22.7. The molecule has 0 aliphatic heterocycles. The molecule has 0 saturated heterocycles. The van der Waals surface area contributed by atoms with Crippen molar-refractivity contribution in [3.63, 3.8) is 0 Å². The summed E-state index contributed by atoms with van der Waals surface area (Å²) in [5.41, 5.74) is 1.53. The number of rotatable bonds is 10. The maximum Gasteiger partial charge on any atom is 0.255 e. The van der Waals surface area contributed by atoms with E-state index < -0.39 is 29.5 Å². The van der Waals surface area contributed by atoms with Crippen LogP contribution in [0.2, 0.25) is 0 Å². The Morgan fingerprint density at radius 2 is 1.79 bits per heavy atom. The van der Waals surface area contributed by atoms with E-state index in [1.165, 1.54) is 61.8 Å². The molecule has 3 aromatic carbocycles. The monoisotopic (exact) mass is 594 g/mol. The van der Waals surface area contributed by atoms with Crippen molar-refractivity contribution in [1.29, 1.82) is 0 Å². The Kier molecular flexibility index (Phi) is 9.94. The molecule has 0 unspecified atom stereocenters. The van der Waals surface area contributed by atoms with Crippen molar-refractivity contribution < 1.29 is 33.0 Å². The first kappa shape index (κ1) is 30.3. The molecule has 0 aliphatic carbocycles. The molecule has 0 radical (unpaired) electrons. The molecule has 2 amide bonds. The number of aliphatic hydroxyl groups is 1. The minimum absolute atomic E-state index is 0.0149. The average Bonchev–Trinajstić information content (AvgIpc) is 2.97. The number of anilines is 1. The van der Waals surface area contributed by atoms with Crippen LogP contribution in [0.4, 0.5) is 14.5 Å². The van der Waals surface area contributed by atoms with Gasteiger partial charge in [0.1, 0.15) is 17.3 Å². The number of hydrogen-bond acceptors (Lipinski definition) is 7. The number of aromatic nitrogens is 1. The fraction of sp³-hybridized carbons (Fsp3) is 0.200. The van der Waals surface area contributed by atoms with Crippen LogP contribution in [0.1, 0.15) is 29.3 Å². The number of hydrogen-bond donors (Lipinski definition) is 4. The van der Waals surface area contributed by atoms with Crippen LogP contribution in [0.15, 0.2) is 66.9 Å². The molecule has 0 saturated carbocycles. The zero-order chi connectivity index (χ0) is 30.2. The lowest BCUT2D eigenvalue weighted by atomic mass is 10.1. The van der Waals surface area contributed by atoms with Crippen LogP contribution in [-0.2, 0) is 11.2 Å². The van der Waals surface area contributed by atoms with Crippen molar-refractivity contribution in [1.82, 2.24) is 15.6 Å². The maximum atomic E-state index is 15.1. The standard InChI is InChI=1S/C30H28F2N4O5S/c1-3-19(16-37)34-29(39)22-14-21-24(15-27(22)40-2)33-11-10-25(21)41-26-9-8-20(13-23(26)32)35-30(42)36-28(38)12-17-4-6-18(31)7-5-17/h4-11,13-15,19,37H,3,12,16H2,1-2H3,(H,34,39)(H2,35,36,38,42)/t19-/m0/s1. The SMILES string of the molecule is CC[C@@H](CO)NC(=O)c1cc2c(Oc3ccc(NC(=S)NC(=O)Cc4ccc(F)cc4)cc3F)ccnc2cc1OC. The van der Waals surface area contributed by atoms with Crippen LogP contribution in [0.3, 0.4) is 0 Å². The number of methoxy groups -OCH3 is 1. The summed E-state index contributed by atoms with van der Waals surface area (Å²) in [6.07, 6.45) is 2.00. The van der Waals surface area contributed by atoms with Gasteiger partial charge in [-0.05, 0) is 60.6 Å². The molecule has 1 aromatic heterocycles. The Balaban J connectivity index is 1.48. The normalized spacial score (nSPS) is 11.5. The highest BCUT2D eigenvalue weighted by atomic mass is 32.1. The van der Waals surface area contributed by atoms with Gasteiger partial charge in [-0.2, -0.15) is 0 Å². The molecule has 4 aromatic rings. The number of pyridine rings is 1. The highest BCUT2D eigenvalue weighted by Gasteiger charge is 2.19. The maximum absolute atomic E-state index is 15.1. The lowest BCUT2D eigenvalue weighted by Crippen LogP contribution is -2.37. The first-order chi connectivity index (χ1) is 20.2. The van der Waals surface area contributed by atoms with Gasteiger partial charge >= 0.3 is 0 Å². The Labute approximate surface area is 245 Å². The van der Waals surface area contributed by atoms with E-state index in [1.807, 2.05) is 6.92 Å². The molecule has 12 heteroatoms. The fourth-order valence-corrected chi connectivity index (χ4v) is 4.26. The van der Waals surface area contributed by atoms with Crippen molar-refractivity contribution >= 4 is 45.7 Å². The van der Waals surface area contributed by atoms with E-state index in [4.69, 9.17) is 21.7 Å². The molecule has 0 aliphatic rings. The van der Waals surface area contributed by atoms with Crippen LogP contribution in [0, 0.1) is 11.6 Å². The lowest BCUT2D eigenvalue weighted by Gasteiger charge is -2.17. The smallest absolute Gasteiger partial charge is 0.255 e. The first-order valence-corrected chi connectivity index (χ1v) is 13.3. The second-order valence-electron chi connectivity index (χ2n) is 9.19. The summed E-state index contributed by atoms with van der Waals surface area (Å²) < 4.78 is 39.4. The van der Waals surface area contributed by atoms with E-state index in [1.54, 1.807) is 6.07 Å². The number of benzene rings is 3. The van der Waals surface area contributed by atoms with E-state index in [0.717, 1.165) is 6.07 Å². The fourth-order valence-electron chi connectivity index (χ4n) is 4.02. The van der Waals surface area contributed by atoms with E-state index in [0.29, 0.717) is 22.9 Å². The molecule has 9 nitrogen and oxygen atoms in total. The van der Waals surface area contributed by atoms with Gasteiger partial charge in [-0.3, -0.25) is 14.6 Å². The first-order valence-electron chi connectivity index (χ1n) is 12.9. The second kappa shape index (κ2) is 13.8. The van der Waals surface area contributed by atoms with Crippen molar-refractivity contribution in [2.75, 3.05) is 19.0 Å². The number of nitrogens with one attached hydrogen (secondary N) is 3. The van der Waals surface area contributed by atoms with Crippen molar-refractivity contribution in [2.24, 2.45) is 0 Å². The third-order valence-corrected chi connectivity index (χ3v) is 6.46. The number of halogens is 2. The molecule has 1 heterocycles. The van der Waals surface area contributed by atoms with Gasteiger partial charge in [0.05, 0.1) is 37.3 Å². The number of ether oxygens (including phenoxy) is 2. The Hall–Kier alpha value is -4.68. The number of carbonyl (C=O) groups excluding carboxylic acids is 2. The number of fused-ring (bicyclic) bond motifs is 1. The number of carbonyl (C=O) groups is 2. The number of amides is 2. The summed E-state index contributed by atoms with van der Waals surface area (Å²) in [5, 5.41) is 17.9. The molecule has 4 N–H and O–H groups in total. The number of aliphatic hydroxyl groups excluding tert-OH is 1. The second-order valence-corrected chi connectivity index (χ2v) is 9.60. The minimum atomic E-state index is -0.717. The van der Waals surface area contributed by atoms with Gasteiger partial charge in [0.2, 0.25) is 5.91 Å². The zero-order valence-corrected chi connectivity index (χ0v) is 23.6. The average molecular weight is 595 g/mol. The van der Waals surface area contributed by atoms with Gasteiger partial charge in [0, 0.05) is 29.4 Å². The van der Waals surface area contributed by atoms with Gasteiger partial charge in [-0.25, -0.2) is 8.78 Å². The van der Waals surface area contributed by atoms with Crippen molar-refractivity contribution in [3.8, 4) is 17.2 Å². The van der Waals surface area contributed by atoms with Crippen LogP contribution in [0.5, 0.6) is 17.2 Å². The topological polar surface area (TPSA) is 122 Å². The molecular formula is C30H28F2N4O5S. The summed E-state index contributed by atoms with van der Waals surface area (Å²) in [6, 6.07) is 13.8. The van der Waals surface area contributed by atoms with E-state index in [9.17, 15) is 19.1 Å². The minimum Gasteiger partial charge on any atom is -0.496 e. The van der Waals surface area contributed by atoms with Crippen molar-refractivity contribution in [3.05, 3.63) is 89.6 Å². The predicted molar refractivity (Wildman–Crippen MR) is 158 cm³/mol. The van der Waals surface area contributed by atoms with Gasteiger partial charge < -0.3 is 30.5 Å². The summed E-state index contributed by atoms with van der Waals surface area (Å²) in [4.78, 5) is 29.5. The highest BCUT2D eigenvalue weighted by molar-refractivity contribution is 7.80. The molecule has 218 valence electrons. The molecular weight excluding hydrogens is 566 g/mol. The predicted octanol–water partition coefficient (Wildman–Crippen LogP) is 4.87. The van der Waals surface area contributed by atoms with Gasteiger partial charge in [-0.15, -0.1) is 0 Å². The van der Waals surface area contributed by atoms with Gasteiger partial charge in [0.15, 0.2) is 16.7 Å². The third kappa shape index (κ3) is 7.53. The quantitative estimate of drug-likeness (QED) is 0.192. The van der Waals surface area contributed by atoms with Gasteiger partial charge in [-0.1, -0.05) is 19.1 Å². The van der Waals surface area contributed by atoms with E-state index in [2.05, 4.69) is 20.9 Å².